The number of hydrogen-bond acceptors (Lipinski definition) is 2. The quantitative estimate of drug-likeness (QED) is 0.538. The molecule has 0 saturated carbocycles. The van der Waals surface area contributed by atoms with Crippen molar-refractivity contribution in [3.8, 4) is 0 Å². The maximum absolute atomic E-state index is 12.9. The normalized spacial score (nSPS) is 12.0. The van der Waals surface area contributed by atoms with E-state index in [-0.39, 0.29) is 5.56 Å². The van der Waals surface area contributed by atoms with Crippen LogP contribution in [0.1, 0.15) is 12.5 Å². The smallest absolute Gasteiger partial charge is 0.264 e. The van der Waals surface area contributed by atoms with Gasteiger partial charge in [-0.25, -0.2) is 4.98 Å². The number of pyridine rings is 1. The maximum Gasteiger partial charge on any atom is 0.264 e. The summed E-state index contributed by atoms with van der Waals surface area (Å²) in [7, 11) is 0. The molecule has 4 aromatic rings. The molecule has 0 unspecified atom stereocenters. The first-order chi connectivity index (χ1) is 10.7. The Balaban J connectivity index is 2.45. The molecule has 106 valence electrons. The summed E-state index contributed by atoms with van der Waals surface area (Å²) in [6.45, 7) is 6.04. The Morgan fingerprint density at radius 1 is 1.14 bits per heavy atom. The van der Waals surface area contributed by atoms with Gasteiger partial charge in [0.05, 0.1) is 11.0 Å². The summed E-state index contributed by atoms with van der Waals surface area (Å²) in [5.74, 6) is 0. The number of nitrogens with zero attached hydrogens (tertiary/aromatic N) is 2. The van der Waals surface area contributed by atoms with Crippen LogP contribution in [0.2, 0.25) is 0 Å². The molecule has 0 spiro atoms. The van der Waals surface area contributed by atoms with Gasteiger partial charge in [-0.15, -0.1) is 0 Å². The molecule has 4 rings (SSSR count). The molecule has 0 amide bonds. The summed E-state index contributed by atoms with van der Waals surface area (Å²) in [6, 6.07) is 13.4. The van der Waals surface area contributed by atoms with E-state index in [0.29, 0.717) is 11.0 Å². The van der Waals surface area contributed by atoms with Gasteiger partial charge in [-0.05, 0) is 30.3 Å². The maximum atomic E-state index is 12.9. The van der Waals surface area contributed by atoms with Crippen LogP contribution in [-0.2, 0) is 0 Å². The highest BCUT2D eigenvalue weighted by molar-refractivity contribution is 5.98. The molecule has 0 N–H and O–H groups in total. The zero-order valence-corrected chi connectivity index (χ0v) is 12.2. The van der Waals surface area contributed by atoms with Crippen molar-refractivity contribution in [3.63, 3.8) is 0 Å². The van der Waals surface area contributed by atoms with Crippen molar-refractivity contribution in [2.75, 3.05) is 0 Å². The van der Waals surface area contributed by atoms with Gasteiger partial charge >= 0.3 is 0 Å². The minimum atomic E-state index is -0.0440. The predicted octanol–water partition coefficient (Wildman–Crippen LogP) is 3.16. The number of aromatic nitrogens is 2. The topological polar surface area (TPSA) is 34.4 Å². The number of hydrogen-bond donors (Lipinski definition) is 0. The van der Waals surface area contributed by atoms with Crippen molar-refractivity contribution >= 4 is 40.1 Å². The first kappa shape index (κ1) is 12.8. The number of rotatable bonds is 1. The Morgan fingerprint density at radius 3 is 2.77 bits per heavy atom. The Morgan fingerprint density at radius 2 is 1.95 bits per heavy atom. The third-order valence-corrected chi connectivity index (χ3v) is 3.99. The Bertz CT molecular complexity index is 1170. The van der Waals surface area contributed by atoms with Crippen molar-refractivity contribution < 1.29 is 0 Å². The zero-order valence-electron chi connectivity index (χ0n) is 12.2. The largest absolute Gasteiger partial charge is 0.268 e. The molecule has 0 atom stereocenters. The number of imidazole rings is 1. The Hall–Kier alpha value is -2.94. The van der Waals surface area contributed by atoms with E-state index < -0.39 is 0 Å². The molecule has 0 aliphatic carbocycles. The second kappa shape index (κ2) is 4.53. The van der Waals surface area contributed by atoms with Crippen LogP contribution in [0, 0.1) is 0 Å². The first-order valence-electron chi connectivity index (χ1n) is 7.20. The van der Waals surface area contributed by atoms with Gasteiger partial charge in [0.2, 0.25) is 0 Å². The number of para-hydroxylation sites is 2. The van der Waals surface area contributed by atoms with Crippen LogP contribution in [-0.4, -0.2) is 9.38 Å². The van der Waals surface area contributed by atoms with E-state index in [4.69, 9.17) is 0 Å². The highest BCUT2D eigenvalue weighted by Crippen LogP contribution is 2.23. The number of allylic oxidation sites excluding steroid dienone is 1. The van der Waals surface area contributed by atoms with Gasteiger partial charge in [0.15, 0.2) is 0 Å². The Kier molecular flexibility index (Phi) is 2.63. The average Bonchev–Trinajstić information content (AvgIpc) is 2.91. The van der Waals surface area contributed by atoms with Crippen molar-refractivity contribution in [2.45, 2.75) is 6.92 Å². The molecule has 0 radical (unpaired) electrons. The lowest BCUT2D eigenvalue weighted by molar-refractivity contribution is 1.17. The lowest BCUT2D eigenvalue weighted by atomic mass is 10.0. The van der Waals surface area contributed by atoms with Gasteiger partial charge in [-0.1, -0.05) is 43.0 Å². The summed E-state index contributed by atoms with van der Waals surface area (Å²) < 4.78 is 1.70. The molecular weight excluding hydrogens is 272 g/mol. The summed E-state index contributed by atoms with van der Waals surface area (Å²) >= 11 is 0. The molecule has 2 aromatic heterocycles. The highest BCUT2D eigenvalue weighted by atomic mass is 16.1. The summed E-state index contributed by atoms with van der Waals surface area (Å²) in [5.41, 5.74) is 3.25. The van der Waals surface area contributed by atoms with Gasteiger partial charge in [-0.3, -0.25) is 9.20 Å². The summed E-state index contributed by atoms with van der Waals surface area (Å²) in [4.78, 5) is 17.6. The third kappa shape index (κ3) is 1.56. The minimum Gasteiger partial charge on any atom is -0.268 e. The van der Waals surface area contributed by atoms with E-state index >= 15 is 0 Å². The first-order valence-corrected chi connectivity index (χ1v) is 7.20. The molecule has 0 bridgehead atoms. The van der Waals surface area contributed by atoms with Crippen LogP contribution in [0.5, 0.6) is 0 Å². The lowest BCUT2D eigenvalue weighted by Crippen LogP contribution is -2.17. The Labute approximate surface area is 126 Å². The second-order valence-electron chi connectivity index (χ2n) is 5.32. The monoisotopic (exact) mass is 286 g/mol. The second-order valence-corrected chi connectivity index (χ2v) is 5.32. The van der Waals surface area contributed by atoms with Crippen molar-refractivity contribution in [1.82, 2.24) is 9.38 Å². The zero-order chi connectivity index (χ0) is 15.3. The fraction of sp³-hybridized carbons (Fsp3) is 0.0526. The minimum absolute atomic E-state index is 0.0440. The average molecular weight is 286 g/mol. The third-order valence-electron chi connectivity index (χ3n) is 3.99. The molecule has 22 heavy (non-hydrogen) atoms. The number of benzene rings is 2. The standard InChI is InChI=1S/C19H14N2O/c1-3-7-13-17-12(2)8-6-9-14(17)19(22)21-16-11-5-4-10-15(16)20-18(13)21/h3-11H,2H2,1H3/b7-3-. The number of fused-ring (bicyclic) bond motifs is 4. The van der Waals surface area contributed by atoms with Gasteiger partial charge in [-0.2, -0.15) is 0 Å². The van der Waals surface area contributed by atoms with Crippen LogP contribution in [0.3, 0.4) is 0 Å². The molecule has 0 aliphatic heterocycles. The SMILES string of the molecule is C=c1cccc2c(=O)n3c(nc4ccccc43)c(/C=C\C)c12. The van der Waals surface area contributed by atoms with Crippen molar-refractivity contribution in [3.05, 3.63) is 69.7 Å². The summed E-state index contributed by atoms with van der Waals surface area (Å²) in [5, 5.41) is 2.40. The van der Waals surface area contributed by atoms with E-state index in [1.807, 2.05) is 61.5 Å². The molecule has 2 aromatic carbocycles. The van der Waals surface area contributed by atoms with E-state index in [9.17, 15) is 4.79 Å². The molecule has 3 heteroatoms. The molecule has 3 nitrogen and oxygen atoms in total. The molecular formula is C19H14N2O. The van der Waals surface area contributed by atoms with Gasteiger partial charge < -0.3 is 0 Å². The van der Waals surface area contributed by atoms with Crippen molar-refractivity contribution in [2.24, 2.45) is 0 Å². The lowest BCUT2D eigenvalue weighted by Gasteiger charge is -2.06. The summed E-state index contributed by atoms with van der Waals surface area (Å²) in [6.07, 6.45) is 3.96. The molecule has 0 aliphatic rings. The van der Waals surface area contributed by atoms with E-state index in [1.54, 1.807) is 4.40 Å². The van der Waals surface area contributed by atoms with Gasteiger partial charge in [0.25, 0.3) is 5.56 Å². The van der Waals surface area contributed by atoms with Crippen LogP contribution in [0.4, 0.5) is 0 Å². The van der Waals surface area contributed by atoms with Gasteiger partial charge in [0, 0.05) is 16.3 Å². The van der Waals surface area contributed by atoms with E-state index in [1.165, 1.54) is 0 Å². The van der Waals surface area contributed by atoms with Gasteiger partial charge in [0.1, 0.15) is 5.65 Å². The molecule has 0 fully saturated rings. The molecule has 0 saturated heterocycles. The van der Waals surface area contributed by atoms with E-state index in [0.717, 1.165) is 27.2 Å². The fourth-order valence-electron chi connectivity index (χ4n) is 3.07. The van der Waals surface area contributed by atoms with Crippen LogP contribution < -0.4 is 10.8 Å². The van der Waals surface area contributed by atoms with Crippen molar-refractivity contribution in [1.29, 1.82) is 0 Å². The van der Waals surface area contributed by atoms with E-state index in [2.05, 4.69) is 11.6 Å². The predicted molar refractivity (Wildman–Crippen MR) is 91.9 cm³/mol. The molecule has 2 heterocycles. The van der Waals surface area contributed by atoms with Crippen LogP contribution >= 0.6 is 0 Å². The van der Waals surface area contributed by atoms with Crippen LogP contribution in [0.15, 0.2) is 53.3 Å². The fourth-order valence-corrected chi connectivity index (χ4v) is 3.07. The van der Waals surface area contributed by atoms with Crippen LogP contribution in [0.25, 0.3) is 40.1 Å². The highest BCUT2D eigenvalue weighted by Gasteiger charge is 2.15.